The van der Waals surface area contributed by atoms with Crippen molar-refractivity contribution in [1.29, 1.82) is 0 Å². The summed E-state index contributed by atoms with van der Waals surface area (Å²) in [5.74, 6) is 3.58. The first-order chi connectivity index (χ1) is 9.35. The maximum absolute atomic E-state index is 5.31. The van der Waals surface area contributed by atoms with Crippen molar-refractivity contribution in [1.82, 2.24) is 10.3 Å². The standard InChI is InChI=1S/C16H24N2O/c1-3-18-16(11-8-12(19-2)10-17-9-11)15-13-6-4-5-7-14(13)15/h8-10,13-16,18H,3-7H2,1-2H3. The summed E-state index contributed by atoms with van der Waals surface area (Å²) in [5, 5.41) is 3.67. The summed E-state index contributed by atoms with van der Waals surface area (Å²) < 4.78 is 5.31. The minimum atomic E-state index is 0.459. The zero-order valence-corrected chi connectivity index (χ0v) is 11.9. The van der Waals surface area contributed by atoms with E-state index in [1.54, 1.807) is 13.3 Å². The van der Waals surface area contributed by atoms with Crippen molar-refractivity contribution in [2.45, 2.75) is 38.6 Å². The van der Waals surface area contributed by atoms with Gasteiger partial charge in [-0.3, -0.25) is 4.98 Å². The first-order valence-electron chi connectivity index (χ1n) is 7.57. The highest BCUT2D eigenvalue weighted by molar-refractivity contribution is 5.28. The van der Waals surface area contributed by atoms with Crippen LogP contribution in [0.4, 0.5) is 0 Å². The second-order valence-corrected chi connectivity index (χ2v) is 5.88. The molecule has 1 aromatic heterocycles. The van der Waals surface area contributed by atoms with Crippen LogP contribution in [-0.4, -0.2) is 18.6 Å². The quantitative estimate of drug-likeness (QED) is 0.883. The number of methoxy groups -OCH3 is 1. The second-order valence-electron chi connectivity index (χ2n) is 5.88. The number of fused-ring (bicyclic) bond motifs is 1. The van der Waals surface area contributed by atoms with E-state index in [0.29, 0.717) is 6.04 Å². The highest BCUT2D eigenvalue weighted by Crippen LogP contribution is 2.60. The highest BCUT2D eigenvalue weighted by atomic mass is 16.5. The Labute approximate surface area is 115 Å². The summed E-state index contributed by atoms with van der Waals surface area (Å²) in [7, 11) is 1.71. The van der Waals surface area contributed by atoms with Gasteiger partial charge in [-0.15, -0.1) is 0 Å². The number of aromatic nitrogens is 1. The second kappa shape index (κ2) is 5.49. The lowest BCUT2D eigenvalue weighted by Crippen LogP contribution is -2.24. The minimum Gasteiger partial charge on any atom is -0.495 e. The number of nitrogens with zero attached hydrogens (tertiary/aromatic N) is 1. The van der Waals surface area contributed by atoms with Crippen LogP contribution in [-0.2, 0) is 0 Å². The molecule has 3 heteroatoms. The molecule has 2 saturated carbocycles. The lowest BCUT2D eigenvalue weighted by Gasteiger charge is -2.19. The van der Waals surface area contributed by atoms with Crippen molar-refractivity contribution >= 4 is 0 Å². The number of hydrogen-bond donors (Lipinski definition) is 1. The third kappa shape index (κ3) is 2.48. The SMILES string of the molecule is CCNC(c1cncc(OC)c1)C1C2CCCCC21. The largest absolute Gasteiger partial charge is 0.495 e. The van der Waals surface area contributed by atoms with Crippen molar-refractivity contribution in [2.75, 3.05) is 13.7 Å². The topological polar surface area (TPSA) is 34.2 Å². The number of ether oxygens (including phenoxy) is 1. The zero-order chi connectivity index (χ0) is 13.2. The lowest BCUT2D eigenvalue weighted by molar-refractivity contribution is 0.407. The van der Waals surface area contributed by atoms with Gasteiger partial charge in [0.2, 0.25) is 0 Å². The molecule has 0 amide bonds. The Balaban J connectivity index is 1.80. The van der Waals surface area contributed by atoms with Crippen molar-refractivity contribution in [2.24, 2.45) is 17.8 Å². The normalized spacial score (nSPS) is 30.5. The van der Waals surface area contributed by atoms with E-state index in [0.717, 1.165) is 30.0 Å². The molecule has 3 rings (SSSR count). The molecular weight excluding hydrogens is 236 g/mol. The molecule has 3 nitrogen and oxygen atoms in total. The van der Waals surface area contributed by atoms with Crippen molar-refractivity contribution in [3.63, 3.8) is 0 Å². The molecule has 2 fully saturated rings. The van der Waals surface area contributed by atoms with Crippen LogP contribution in [0, 0.1) is 17.8 Å². The van der Waals surface area contributed by atoms with E-state index in [2.05, 4.69) is 23.3 Å². The third-order valence-electron chi connectivity index (χ3n) is 4.86. The van der Waals surface area contributed by atoms with Gasteiger partial charge in [0.1, 0.15) is 5.75 Å². The van der Waals surface area contributed by atoms with Gasteiger partial charge in [0, 0.05) is 12.2 Å². The number of hydrogen-bond acceptors (Lipinski definition) is 3. The zero-order valence-electron chi connectivity index (χ0n) is 11.9. The Morgan fingerprint density at radius 1 is 1.32 bits per heavy atom. The Hall–Kier alpha value is -1.09. The van der Waals surface area contributed by atoms with E-state index in [9.17, 15) is 0 Å². The van der Waals surface area contributed by atoms with E-state index < -0.39 is 0 Å². The van der Waals surface area contributed by atoms with Gasteiger partial charge in [-0.1, -0.05) is 19.8 Å². The smallest absolute Gasteiger partial charge is 0.137 e. The first kappa shape index (κ1) is 12.9. The summed E-state index contributed by atoms with van der Waals surface area (Å²) in [6.45, 7) is 3.20. The number of pyridine rings is 1. The van der Waals surface area contributed by atoms with Crippen LogP contribution in [0.2, 0.25) is 0 Å². The molecule has 3 unspecified atom stereocenters. The van der Waals surface area contributed by atoms with E-state index in [1.165, 1.54) is 31.2 Å². The summed E-state index contributed by atoms with van der Waals surface area (Å²) in [4.78, 5) is 4.32. The van der Waals surface area contributed by atoms with E-state index in [-0.39, 0.29) is 0 Å². The molecular formula is C16H24N2O. The van der Waals surface area contributed by atoms with Crippen LogP contribution >= 0.6 is 0 Å². The molecule has 0 saturated heterocycles. The fourth-order valence-electron chi connectivity index (χ4n) is 3.96. The maximum Gasteiger partial charge on any atom is 0.137 e. The molecule has 1 heterocycles. The number of nitrogens with one attached hydrogen (secondary N) is 1. The van der Waals surface area contributed by atoms with Crippen LogP contribution in [0.25, 0.3) is 0 Å². The van der Waals surface area contributed by atoms with Gasteiger partial charge < -0.3 is 10.1 Å². The van der Waals surface area contributed by atoms with Gasteiger partial charge in [-0.25, -0.2) is 0 Å². The molecule has 3 atom stereocenters. The monoisotopic (exact) mass is 260 g/mol. The molecule has 0 radical (unpaired) electrons. The summed E-state index contributed by atoms with van der Waals surface area (Å²) in [6, 6.07) is 2.60. The minimum absolute atomic E-state index is 0.459. The summed E-state index contributed by atoms with van der Waals surface area (Å²) in [5.41, 5.74) is 1.29. The molecule has 2 aliphatic carbocycles. The van der Waals surface area contributed by atoms with Gasteiger partial charge >= 0.3 is 0 Å². The fraction of sp³-hybridized carbons (Fsp3) is 0.688. The predicted molar refractivity (Wildman–Crippen MR) is 76.1 cm³/mol. The van der Waals surface area contributed by atoms with E-state index in [4.69, 9.17) is 4.74 Å². The van der Waals surface area contributed by atoms with Crippen molar-refractivity contribution in [3.05, 3.63) is 24.0 Å². The molecule has 2 aliphatic rings. The van der Waals surface area contributed by atoms with Crippen molar-refractivity contribution < 1.29 is 4.74 Å². The molecule has 0 aliphatic heterocycles. The van der Waals surface area contributed by atoms with Gasteiger partial charge in [-0.2, -0.15) is 0 Å². The molecule has 0 spiro atoms. The van der Waals surface area contributed by atoms with Crippen LogP contribution < -0.4 is 10.1 Å². The Kier molecular flexibility index (Phi) is 3.74. The average Bonchev–Trinajstić information content (AvgIpc) is 3.19. The predicted octanol–water partition coefficient (Wildman–Crippen LogP) is 3.18. The Morgan fingerprint density at radius 2 is 2.05 bits per heavy atom. The molecule has 1 aromatic rings. The molecule has 0 aromatic carbocycles. The van der Waals surface area contributed by atoms with Crippen LogP contribution in [0.5, 0.6) is 5.75 Å². The van der Waals surface area contributed by atoms with Crippen molar-refractivity contribution in [3.8, 4) is 5.75 Å². The van der Waals surface area contributed by atoms with Gasteiger partial charge in [0.25, 0.3) is 0 Å². The average molecular weight is 260 g/mol. The molecule has 1 N–H and O–H groups in total. The first-order valence-corrected chi connectivity index (χ1v) is 7.57. The maximum atomic E-state index is 5.31. The summed E-state index contributed by atoms with van der Waals surface area (Å²) >= 11 is 0. The van der Waals surface area contributed by atoms with Crippen LogP contribution in [0.3, 0.4) is 0 Å². The van der Waals surface area contributed by atoms with Crippen LogP contribution in [0.15, 0.2) is 18.5 Å². The molecule has 19 heavy (non-hydrogen) atoms. The third-order valence-corrected chi connectivity index (χ3v) is 4.86. The molecule has 104 valence electrons. The van der Waals surface area contributed by atoms with E-state index >= 15 is 0 Å². The summed E-state index contributed by atoms with van der Waals surface area (Å²) in [6.07, 6.45) is 9.48. The molecule has 0 bridgehead atoms. The Bertz CT molecular complexity index is 423. The van der Waals surface area contributed by atoms with Crippen LogP contribution in [0.1, 0.15) is 44.2 Å². The fourth-order valence-corrected chi connectivity index (χ4v) is 3.96. The highest BCUT2D eigenvalue weighted by Gasteiger charge is 2.54. The Morgan fingerprint density at radius 3 is 2.68 bits per heavy atom. The van der Waals surface area contributed by atoms with E-state index in [1.807, 2.05) is 6.20 Å². The lowest BCUT2D eigenvalue weighted by atomic mass is 10.0. The van der Waals surface area contributed by atoms with Gasteiger partial charge in [0.05, 0.1) is 13.3 Å². The van der Waals surface area contributed by atoms with Gasteiger partial charge in [0.15, 0.2) is 0 Å². The van der Waals surface area contributed by atoms with Gasteiger partial charge in [-0.05, 0) is 48.8 Å². The number of rotatable bonds is 5.